The van der Waals surface area contributed by atoms with Crippen LogP contribution in [-0.2, 0) is 9.59 Å². The number of carboxylic acid groups (broad SMARTS) is 1. The monoisotopic (exact) mass is 296 g/mol. The van der Waals surface area contributed by atoms with Crippen LogP contribution in [0, 0.1) is 0 Å². The molecule has 0 fully saturated rings. The van der Waals surface area contributed by atoms with Gasteiger partial charge in [-0.25, -0.2) is 0 Å². The van der Waals surface area contributed by atoms with Crippen molar-refractivity contribution in [2.24, 2.45) is 0 Å². The second kappa shape index (κ2) is 15.3. The van der Waals surface area contributed by atoms with E-state index < -0.39 is 5.97 Å². The highest BCUT2D eigenvalue weighted by Crippen LogP contribution is 2.09. The molecule has 0 heterocycles. The average Bonchev–Trinajstić information content (AvgIpc) is 2.45. The minimum Gasteiger partial charge on any atom is -0.481 e. The van der Waals surface area contributed by atoms with Crippen LogP contribution < -0.4 is 0 Å². The smallest absolute Gasteiger partial charge is 0.303 e. The molecule has 0 amide bonds. The van der Waals surface area contributed by atoms with Gasteiger partial charge in [0.05, 0.1) is 0 Å². The summed E-state index contributed by atoms with van der Waals surface area (Å²) in [7, 11) is 0. The van der Waals surface area contributed by atoms with Crippen molar-refractivity contribution in [1.29, 1.82) is 0 Å². The van der Waals surface area contributed by atoms with Crippen molar-refractivity contribution in [2.75, 3.05) is 0 Å². The summed E-state index contributed by atoms with van der Waals surface area (Å²) in [4.78, 5) is 22.0. The molecule has 0 atom stereocenters. The molecule has 0 radical (unpaired) electrons. The molecule has 21 heavy (non-hydrogen) atoms. The summed E-state index contributed by atoms with van der Waals surface area (Å²) in [6, 6.07) is 0. The highest BCUT2D eigenvalue weighted by Gasteiger charge is 2.00. The molecule has 0 saturated carbocycles. The average molecular weight is 296 g/mol. The van der Waals surface area contributed by atoms with Gasteiger partial charge in [0.1, 0.15) is 5.78 Å². The predicted octanol–water partition coefficient (Wildman–Crippen LogP) is 5.29. The topological polar surface area (TPSA) is 54.4 Å². The van der Waals surface area contributed by atoms with E-state index in [4.69, 9.17) is 5.11 Å². The second-order valence-corrected chi connectivity index (χ2v) is 5.71. The van der Waals surface area contributed by atoms with Crippen LogP contribution in [0.3, 0.4) is 0 Å². The minimum absolute atomic E-state index is 0.255. The molecule has 122 valence electrons. The maximum atomic E-state index is 11.6. The molecule has 0 unspecified atom stereocenters. The van der Waals surface area contributed by atoms with Crippen molar-refractivity contribution in [3.8, 4) is 0 Å². The molecule has 0 aliphatic heterocycles. The fraction of sp³-hybridized carbons (Fsp3) is 0.778. The van der Waals surface area contributed by atoms with Crippen LogP contribution in [-0.4, -0.2) is 16.9 Å². The lowest BCUT2D eigenvalue weighted by molar-refractivity contribution is -0.137. The van der Waals surface area contributed by atoms with Crippen LogP contribution >= 0.6 is 0 Å². The Morgan fingerprint density at radius 1 is 0.762 bits per heavy atom. The van der Waals surface area contributed by atoms with Gasteiger partial charge in [-0.05, 0) is 32.1 Å². The van der Waals surface area contributed by atoms with Gasteiger partial charge in [0, 0.05) is 19.3 Å². The van der Waals surface area contributed by atoms with E-state index in [-0.39, 0.29) is 6.42 Å². The van der Waals surface area contributed by atoms with E-state index in [0.717, 1.165) is 38.5 Å². The van der Waals surface area contributed by atoms with Crippen molar-refractivity contribution in [3.05, 3.63) is 12.2 Å². The van der Waals surface area contributed by atoms with Crippen LogP contribution in [0.2, 0.25) is 0 Å². The Bertz CT molecular complexity index is 295. The Morgan fingerprint density at radius 3 is 2.10 bits per heavy atom. The number of hydrogen-bond donors (Lipinski definition) is 1. The summed E-state index contributed by atoms with van der Waals surface area (Å²) in [5.74, 6) is -0.347. The van der Waals surface area contributed by atoms with E-state index in [2.05, 4.69) is 19.1 Å². The molecule has 3 heteroatoms. The zero-order valence-corrected chi connectivity index (χ0v) is 13.6. The zero-order valence-electron chi connectivity index (χ0n) is 13.6. The molecule has 0 bridgehead atoms. The molecule has 0 aromatic rings. The lowest BCUT2D eigenvalue weighted by Gasteiger charge is -2.00. The Morgan fingerprint density at radius 2 is 1.38 bits per heavy atom. The molecule has 0 spiro atoms. The Balaban J connectivity index is 3.30. The first-order valence-electron chi connectivity index (χ1n) is 8.55. The molecule has 0 aromatic carbocycles. The normalized spacial score (nSPS) is 11.1. The van der Waals surface area contributed by atoms with Crippen molar-refractivity contribution in [3.63, 3.8) is 0 Å². The summed E-state index contributed by atoms with van der Waals surface area (Å²) in [5, 5.41) is 8.49. The Kier molecular flexibility index (Phi) is 14.5. The van der Waals surface area contributed by atoms with E-state index >= 15 is 0 Å². The van der Waals surface area contributed by atoms with Crippen LogP contribution in [0.15, 0.2) is 12.2 Å². The lowest BCUT2D eigenvalue weighted by atomic mass is 10.1. The molecular weight excluding hydrogens is 264 g/mol. The zero-order chi connectivity index (χ0) is 15.8. The second-order valence-electron chi connectivity index (χ2n) is 5.71. The van der Waals surface area contributed by atoms with Crippen molar-refractivity contribution in [1.82, 2.24) is 0 Å². The summed E-state index contributed by atoms with van der Waals surface area (Å²) < 4.78 is 0. The first-order chi connectivity index (χ1) is 10.2. The molecule has 0 rings (SSSR count). The number of Topliss-reactive ketones (excluding diaryl/α,β-unsaturated/α-hetero) is 1. The maximum Gasteiger partial charge on any atom is 0.303 e. The van der Waals surface area contributed by atoms with E-state index in [1.807, 2.05) is 0 Å². The van der Waals surface area contributed by atoms with Crippen molar-refractivity contribution in [2.45, 2.75) is 90.4 Å². The van der Waals surface area contributed by atoms with Crippen LogP contribution in [0.5, 0.6) is 0 Å². The third-order valence-electron chi connectivity index (χ3n) is 3.58. The number of carboxylic acids is 1. The Labute approximate surface area is 129 Å². The number of hydrogen-bond acceptors (Lipinski definition) is 2. The van der Waals surface area contributed by atoms with Gasteiger partial charge in [0.25, 0.3) is 0 Å². The van der Waals surface area contributed by atoms with Crippen LogP contribution in [0.4, 0.5) is 0 Å². The van der Waals surface area contributed by atoms with E-state index in [9.17, 15) is 9.59 Å². The van der Waals surface area contributed by atoms with E-state index in [1.54, 1.807) is 0 Å². The summed E-state index contributed by atoms with van der Waals surface area (Å²) in [6.45, 7) is 2.21. The quantitative estimate of drug-likeness (QED) is 0.330. The molecule has 0 saturated heterocycles. The highest BCUT2D eigenvalue weighted by molar-refractivity contribution is 5.78. The van der Waals surface area contributed by atoms with Gasteiger partial charge in [-0.1, -0.05) is 51.2 Å². The van der Waals surface area contributed by atoms with Gasteiger partial charge in [-0.3, -0.25) is 9.59 Å². The highest BCUT2D eigenvalue weighted by atomic mass is 16.4. The minimum atomic E-state index is -0.723. The first-order valence-corrected chi connectivity index (χ1v) is 8.55. The molecule has 0 aliphatic rings. The van der Waals surface area contributed by atoms with E-state index in [1.165, 1.54) is 32.1 Å². The van der Waals surface area contributed by atoms with Crippen molar-refractivity contribution < 1.29 is 14.7 Å². The van der Waals surface area contributed by atoms with Gasteiger partial charge in [0.15, 0.2) is 0 Å². The maximum absolute atomic E-state index is 11.6. The van der Waals surface area contributed by atoms with Gasteiger partial charge >= 0.3 is 5.97 Å². The van der Waals surface area contributed by atoms with E-state index in [0.29, 0.717) is 12.2 Å². The van der Waals surface area contributed by atoms with Gasteiger partial charge < -0.3 is 5.11 Å². The number of allylic oxidation sites excluding steroid dienone is 2. The molecular formula is C18H32O3. The number of rotatable bonds is 15. The summed E-state index contributed by atoms with van der Waals surface area (Å²) in [5.41, 5.74) is 0. The number of carbonyl (C=O) groups is 2. The number of carbonyl (C=O) groups excluding carboxylic acids is 1. The molecule has 0 aliphatic carbocycles. The number of aliphatic carboxylic acids is 1. The largest absolute Gasteiger partial charge is 0.481 e. The predicted molar refractivity (Wildman–Crippen MR) is 87.5 cm³/mol. The Hall–Kier alpha value is -1.12. The van der Waals surface area contributed by atoms with Crippen molar-refractivity contribution >= 4 is 11.8 Å². The number of unbranched alkanes of at least 4 members (excludes halogenated alkanes) is 7. The van der Waals surface area contributed by atoms with Crippen LogP contribution in [0.1, 0.15) is 90.4 Å². The van der Waals surface area contributed by atoms with Gasteiger partial charge in [0.2, 0.25) is 0 Å². The summed E-state index contributed by atoms with van der Waals surface area (Å²) >= 11 is 0. The third kappa shape index (κ3) is 16.8. The summed E-state index contributed by atoms with van der Waals surface area (Å²) in [6.07, 6.45) is 16.5. The van der Waals surface area contributed by atoms with Crippen LogP contribution in [0.25, 0.3) is 0 Å². The molecule has 1 N–H and O–H groups in total. The SMILES string of the molecule is CCCCCCCCC(=O)CC/C=C\CCCCC(=O)O. The number of ketones is 1. The fourth-order valence-electron chi connectivity index (χ4n) is 2.25. The fourth-order valence-corrected chi connectivity index (χ4v) is 2.25. The molecule has 0 aromatic heterocycles. The molecule has 3 nitrogen and oxygen atoms in total. The third-order valence-corrected chi connectivity index (χ3v) is 3.58. The van der Waals surface area contributed by atoms with Gasteiger partial charge in [-0.2, -0.15) is 0 Å². The standard InChI is InChI=1S/C18H32O3/c1-2-3-4-5-8-11-14-17(19)15-12-9-6-7-10-13-16-18(20)21/h6,9H,2-5,7-8,10-16H2,1H3,(H,20,21)/b9-6-. The first kappa shape index (κ1) is 19.9. The van der Waals surface area contributed by atoms with Gasteiger partial charge in [-0.15, -0.1) is 0 Å². The lowest BCUT2D eigenvalue weighted by Crippen LogP contribution is -1.96.